The fourth-order valence-corrected chi connectivity index (χ4v) is 4.14. The Balaban J connectivity index is 1.92. The van der Waals surface area contributed by atoms with Crippen molar-refractivity contribution in [1.82, 2.24) is 10.0 Å². The van der Waals surface area contributed by atoms with E-state index >= 15 is 0 Å². The number of carbonyl (C=O) groups excluding carboxylic acids is 1. The monoisotopic (exact) mass is 354 g/mol. The van der Waals surface area contributed by atoms with E-state index in [0.717, 1.165) is 25.9 Å². The molecule has 7 heteroatoms. The van der Waals surface area contributed by atoms with Gasteiger partial charge < -0.3 is 10.2 Å². The number of sulfonamides is 1. The standard InChI is InChI=1S/C17H27N3O3S/c1-3-11-20-12-9-15(10-13-20)19-17(21)14-5-7-16(8-6-14)24(22,23)18-4-2/h5-8,15,18H,3-4,9-13H2,1-2H3,(H,19,21)/p+1. The van der Waals surface area contributed by atoms with E-state index in [-0.39, 0.29) is 16.8 Å². The third-order valence-corrected chi connectivity index (χ3v) is 5.95. The highest BCUT2D eigenvalue weighted by atomic mass is 32.2. The van der Waals surface area contributed by atoms with Crippen molar-refractivity contribution in [2.75, 3.05) is 26.2 Å². The number of amides is 1. The summed E-state index contributed by atoms with van der Waals surface area (Å²) < 4.78 is 26.2. The normalized spacial score (nSPS) is 21.4. The van der Waals surface area contributed by atoms with Crippen LogP contribution in [0.1, 0.15) is 43.5 Å². The number of rotatable bonds is 7. The smallest absolute Gasteiger partial charge is 0.251 e. The summed E-state index contributed by atoms with van der Waals surface area (Å²) in [6.45, 7) is 7.65. The summed E-state index contributed by atoms with van der Waals surface area (Å²) in [4.78, 5) is 14.1. The molecule has 1 fully saturated rings. The third-order valence-electron chi connectivity index (χ3n) is 4.39. The van der Waals surface area contributed by atoms with Gasteiger partial charge in [-0.15, -0.1) is 0 Å². The van der Waals surface area contributed by atoms with Crippen LogP contribution in [0.4, 0.5) is 0 Å². The molecule has 1 aliphatic rings. The fourth-order valence-electron chi connectivity index (χ4n) is 3.10. The molecule has 0 spiro atoms. The Labute approximate surface area is 144 Å². The van der Waals surface area contributed by atoms with E-state index in [1.807, 2.05) is 0 Å². The van der Waals surface area contributed by atoms with Gasteiger partial charge in [0.25, 0.3) is 5.91 Å². The first kappa shape index (κ1) is 18.9. The molecule has 1 aliphatic heterocycles. The summed E-state index contributed by atoms with van der Waals surface area (Å²) in [5, 5.41) is 3.06. The van der Waals surface area contributed by atoms with Crippen molar-refractivity contribution in [2.24, 2.45) is 0 Å². The van der Waals surface area contributed by atoms with E-state index in [1.54, 1.807) is 24.0 Å². The van der Waals surface area contributed by atoms with Crippen LogP contribution >= 0.6 is 0 Å². The molecular weight excluding hydrogens is 326 g/mol. The molecule has 6 nitrogen and oxygen atoms in total. The Morgan fingerprint density at radius 2 is 1.79 bits per heavy atom. The Morgan fingerprint density at radius 1 is 1.17 bits per heavy atom. The topological polar surface area (TPSA) is 79.7 Å². The highest BCUT2D eigenvalue weighted by Crippen LogP contribution is 2.11. The minimum atomic E-state index is -3.48. The molecule has 0 aromatic heterocycles. The molecule has 3 N–H and O–H groups in total. The molecule has 0 bridgehead atoms. The molecule has 0 unspecified atom stereocenters. The summed E-state index contributed by atoms with van der Waals surface area (Å²) in [6.07, 6.45) is 3.18. The van der Waals surface area contributed by atoms with Crippen molar-refractivity contribution in [2.45, 2.75) is 44.0 Å². The first-order valence-corrected chi connectivity index (χ1v) is 10.2. The zero-order valence-electron chi connectivity index (χ0n) is 14.5. The Hall–Kier alpha value is -1.44. The van der Waals surface area contributed by atoms with Gasteiger partial charge >= 0.3 is 0 Å². The second-order valence-corrected chi connectivity index (χ2v) is 8.04. The van der Waals surface area contributed by atoms with Crippen LogP contribution in [0.3, 0.4) is 0 Å². The molecular formula is C17H28N3O3S+. The largest absolute Gasteiger partial charge is 0.349 e. The van der Waals surface area contributed by atoms with E-state index in [9.17, 15) is 13.2 Å². The van der Waals surface area contributed by atoms with E-state index in [4.69, 9.17) is 0 Å². The van der Waals surface area contributed by atoms with Crippen molar-refractivity contribution in [3.05, 3.63) is 29.8 Å². The number of nitrogens with one attached hydrogen (secondary N) is 3. The summed E-state index contributed by atoms with van der Waals surface area (Å²) >= 11 is 0. The number of hydrogen-bond donors (Lipinski definition) is 3. The van der Waals surface area contributed by atoms with Gasteiger partial charge in [-0.25, -0.2) is 13.1 Å². The maximum atomic E-state index is 12.3. The molecule has 0 atom stereocenters. The highest BCUT2D eigenvalue weighted by molar-refractivity contribution is 7.89. The van der Waals surface area contributed by atoms with E-state index in [0.29, 0.717) is 12.1 Å². The molecule has 24 heavy (non-hydrogen) atoms. The van der Waals surface area contributed by atoms with Crippen LogP contribution in [0.2, 0.25) is 0 Å². The number of carbonyl (C=O) groups is 1. The number of benzene rings is 1. The van der Waals surface area contributed by atoms with Crippen LogP contribution in [0.5, 0.6) is 0 Å². The third kappa shape index (κ3) is 5.03. The number of hydrogen-bond acceptors (Lipinski definition) is 3. The summed E-state index contributed by atoms with van der Waals surface area (Å²) in [5.74, 6) is -0.133. The predicted octanol–water partition coefficient (Wildman–Crippen LogP) is 0.172. The van der Waals surface area contributed by atoms with Crippen molar-refractivity contribution in [3.8, 4) is 0 Å². The minimum absolute atomic E-state index is 0.133. The van der Waals surface area contributed by atoms with Crippen molar-refractivity contribution >= 4 is 15.9 Å². The van der Waals surface area contributed by atoms with Gasteiger partial charge in [-0.3, -0.25) is 4.79 Å². The summed E-state index contributed by atoms with van der Waals surface area (Å²) in [7, 11) is -3.48. The summed E-state index contributed by atoms with van der Waals surface area (Å²) in [6, 6.07) is 6.29. The first-order valence-electron chi connectivity index (χ1n) is 8.70. The van der Waals surface area contributed by atoms with Crippen LogP contribution in [0.15, 0.2) is 29.2 Å². The SMILES string of the molecule is CCC[NH+]1CCC(NC(=O)c2ccc(S(=O)(=O)NCC)cc2)CC1. The van der Waals surface area contributed by atoms with Gasteiger partial charge in [0.2, 0.25) is 10.0 Å². The average Bonchev–Trinajstić information content (AvgIpc) is 2.57. The molecule has 1 amide bonds. The van der Waals surface area contributed by atoms with Crippen LogP contribution in [-0.4, -0.2) is 46.5 Å². The lowest BCUT2D eigenvalue weighted by molar-refractivity contribution is -0.905. The van der Waals surface area contributed by atoms with Crippen molar-refractivity contribution in [1.29, 1.82) is 0 Å². The molecule has 1 aromatic carbocycles. The highest BCUT2D eigenvalue weighted by Gasteiger charge is 2.23. The number of likely N-dealkylation sites (tertiary alicyclic amines) is 1. The van der Waals surface area contributed by atoms with Crippen LogP contribution in [0, 0.1) is 0 Å². The van der Waals surface area contributed by atoms with Crippen LogP contribution in [0.25, 0.3) is 0 Å². The van der Waals surface area contributed by atoms with Gasteiger partial charge in [0.15, 0.2) is 0 Å². The van der Waals surface area contributed by atoms with Gasteiger partial charge in [0.1, 0.15) is 0 Å². The number of piperidine rings is 1. The van der Waals surface area contributed by atoms with Gasteiger partial charge in [0.05, 0.1) is 24.5 Å². The van der Waals surface area contributed by atoms with Crippen molar-refractivity contribution in [3.63, 3.8) is 0 Å². The average molecular weight is 354 g/mol. The zero-order valence-corrected chi connectivity index (χ0v) is 15.3. The molecule has 1 saturated heterocycles. The maximum Gasteiger partial charge on any atom is 0.251 e. The molecule has 134 valence electrons. The van der Waals surface area contributed by atoms with Gasteiger partial charge in [-0.1, -0.05) is 13.8 Å². The maximum absolute atomic E-state index is 12.3. The van der Waals surface area contributed by atoms with Gasteiger partial charge in [-0.2, -0.15) is 0 Å². The Kier molecular flexibility index (Phi) is 6.77. The second-order valence-electron chi connectivity index (χ2n) is 6.27. The summed E-state index contributed by atoms with van der Waals surface area (Å²) in [5.41, 5.74) is 0.494. The lowest BCUT2D eigenvalue weighted by atomic mass is 10.0. The molecule has 2 rings (SSSR count). The van der Waals surface area contributed by atoms with Crippen LogP contribution in [-0.2, 0) is 10.0 Å². The molecule has 0 aliphatic carbocycles. The van der Waals surface area contributed by atoms with Crippen LogP contribution < -0.4 is 14.9 Å². The van der Waals surface area contributed by atoms with Crippen molar-refractivity contribution < 1.29 is 18.1 Å². The number of quaternary nitrogens is 1. The van der Waals surface area contributed by atoms with E-state index < -0.39 is 10.0 Å². The second kappa shape index (κ2) is 8.60. The van der Waals surface area contributed by atoms with E-state index in [1.165, 1.54) is 25.1 Å². The lowest BCUT2D eigenvalue weighted by Crippen LogP contribution is -3.13. The first-order chi connectivity index (χ1) is 11.5. The Bertz CT molecular complexity index is 636. The molecule has 1 heterocycles. The molecule has 1 aromatic rings. The van der Waals surface area contributed by atoms with E-state index in [2.05, 4.69) is 17.0 Å². The van der Waals surface area contributed by atoms with Gasteiger partial charge in [0, 0.05) is 31.0 Å². The Morgan fingerprint density at radius 3 is 2.33 bits per heavy atom. The van der Waals surface area contributed by atoms with Gasteiger partial charge in [-0.05, 0) is 30.7 Å². The fraction of sp³-hybridized carbons (Fsp3) is 0.588. The zero-order chi connectivity index (χ0) is 17.6. The predicted molar refractivity (Wildman–Crippen MR) is 93.6 cm³/mol. The minimum Gasteiger partial charge on any atom is -0.349 e. The molecule has 0 saturated carbocycles. The molecule has 0 radical (unpaired) electrons. The quantitative estimate of drug-likeness (QED) is 0.653. The lowest BCUT2D eigenvalue weighted by Gasteiger charge is -2.29.